The predicted octanol–water partition coefficient (Wildman–Crippen LogP) is 6.02. The van der Waals surface area contributed by atoms with Gasteiger partial charge in [-0.25, -0.2) is 4.39 Å². The Hall–Kier alpha value is -3.24. The third kappa shape index (κ3) is 4.05. The van der Waals surface area contributed by atoms with Gasteiger partial charge >= 0.3 is 0 Å². The lowest BCUT2D eigenvalue weighted by atomic mass is 9.90. The fourth-order valence-electron chi connectivity index (χ4n) is 3.61. The molecule has 4 heteroatoms. The number of aliphatic hydroxyl groups is 1. The van der Waals surface area contributed by atoms with Crippen LogP contribution in [0.5, 0.6) is 5.75 Å². The Morgan fingerprint density at radius 1 is 1.03 bits per heavy atom. The van der Waals surface area contributed by atoms with E-state index >= 15 is 0 Å². The lowest BCUT2D eigenvalue weighted by Gasteiger charge is -2.18. The number of aromatic nitrogens is 1. The summed E-state index contributed by atoms with van der Waals surface area (Å²) in [6, 6.07) is 21.0. The number of pyridine rings is 1. The molecule has 1 atom stereocenters. The molecule has 0 aliphatic carbocycles. The molecule has 0 saturated carbocycles. The number of ether oxygens (including phenoxy) is 1. The van der Waals surface area contributed by atoms with Gasteiger partial charge in [0.1, 0.15) is 18.2 Å². The third-order valence-electron chi connectivity index (χ3n) is 5.37. The monoisotopic (exact) mass is 401 g/mol. The van der Waals surface area contributed by atoms with Gasteiger partial charge in [0.15, 0.2) is 0 Å². The summed E-state index contributed by atoms with van der Waals surface area (Å²) in [4.78, 5) is 4.63. The minimum atomic E-state index is -0.231. The topological polar surface area (TPSA) is 42.4 Å². The van der Waals surface area contributed by atoms with E-state index in [4.69, 9.17) is 4.74 Å². The molecule has 0 unspecified atom stereocenters. The molecule has 30 heavy (non-hydrogen) atoms. The first kappa shape index (κ1) is 20.0. The molecule has 1 aromatic heterocycles. The van der Waals surface area contributed by atoms with Gasteiger partial charge in [-0.1, -0.05) is 43.3 Å². The molecule has 4 rings (SSSR count). The second-order valence-electron chi connectivity index (χ2n) is 7.59. The zero-order valence-electron chi connectivity index (χ0n) is 17.1. The Labute approximate surface area is 175 Å². The SMILES string of the molecule is Cc1cc(-c2c([C@H](C)CO)cnc3cc(OCc4ccccc4)ccc23)ccc1F. The van der Waals surface area contributed by atoms with E-state index in [0.29, 0.717) is 12.2 Å². The molecule has 1 heterocycles. The number of benzene rings is 3. The Morgan fingerprint density at radius 3 is 2.57 bits per heavy atom. The number of rotatable bonds is 6. The molecule has 0 spiro atoms. The Morgan fingerprint density at radius 2 is 1.83 bits per heavy atom. The van der Waals surface area contributed by atoms with E-state index in [1.54, 1.807) is 19.2 Å². The van der Waals surface area contributed by atoms with E-state index in [9.17, 15) is 9.50 Å². The number of halogens is 1. The second-order valence-corrected chi connectivity index (χ2v) is 7.59. The highest BCUT2D eigenvalue weighted by Crippen LogP contribution is 2.36. The third-order valence-corrected chi connectivity index (χ3v) is 5.37. The number of fused-ring (bicyclic) bond motifs is 1. The van der Waals surface area contributed by atoms with Gasteiger partial charge in [-0.2, -0.15) is 0 Å². The summed E-state index contributed by atoms with van der Waals surface area (Å²) in [6.45, 7) is 4.21. The van der Waals surface area contributed by atoms with Crippen molar-refractivity contribution in [2.45, 2.75) is 26.4 Å². The summed E-state index contributed by atoms with van der Waals surface area (Å²) in [5.74, 6) is 0.421. The van der Waals surface area contributed by atoms with E-state index in [0.717, 1.165) is 38.9 Å². The molecule has 0 fully saturated rings. The van der Waals surface area contributed by atoms with E-state index < -0.39 is 0 Å². The first-order chi connectivity index (χ1) is 14.6. The zero-order chi connectivity index (χ0) is 21.1. The number of hydrogen-bond acceptors (Lipinski definition) is 3. The molecule has 0 aliphatic rings. The number of aryl methyl sites for hydroxylation is 1. The van der Waals surface area contributed by atoms with Gasteiger partial charge in [-0.05, 0) is 59.0 Å². The Bertz CT molecular complexity index is 1170. The van der Waals surface area contributed by atoms with Crippen LogP contribution in [-0.2, 0) is 6.61 Å². The molecule has 0 saturated heterocycles. The Kier molecular flexibility index (Phi) is 5.77. The molecule has 0 amide bonds. The summed E-state index contributed by atoms with van der Waals surface area (Å²) in [7, 11) is 0. The van der Waals surface area contributed by atoms with Crippen molar-refractivity contribution in [3.8, 4) is 16.9 Å². The molecular formula is C26H24FNO2. The van der Waals surface area contributed by atoms with Crippen molar-refractivity contribution in [2.75, 3.05) is 6.61 Å². The maximum absolute atomic E-state index is 13.9. The maximum atomic E-state index is 13.9. The fourth-order valence-corrected chi connectivity index (χ4v) is 3.61. The van der Waals surface area contributed by atoms with Gasteiger partial charge in [0.2, 0.25) is 0 Å². The smallest absolute Gasteiger partial charge is 0.126 e. The van der Waals surface area contributed by atoms with Gasteiger partial charge in [0.25, 0.3) is 0 Å². The van der Waals surface area contributed by atoms with Crippen molar-refractivity contribution in [1.29, 1.82) is 0 Å². The highest BCUT2D eigenvalue weighted by Gasteiger charge is 2.17. The van der Waals surface area contributed by atoms with Crippen molar-refractivity contribution in [3.63, 3.8) is 0 Å². The molecular weight excluding hydrogens is 377 g/mol. The van der Waals surface area contributed by atoms with E-state index in [-0.39, 0.29) is 18.3 Å². The van der Waals surface area contributed by atoms with Gasteiger partial charge in [0, 0.05) is 30.2 Å². The summed E-state index contributed by atoms with van der Waals surface area (Å²) in [5.41, 5.74) is 5.30. The molecule has 0 aliphatic heterocycles. The van der Waals surface area contributed by atoms with Crippen LogP contribution in [0.15, 0.2) is 72.9 Å². The van der Waals surface area contributed by atoms with Crippen LogP contribution in [0.1, 0.15) is 29.5 Å². The fraction of sp³-hybridized carbons (Fsp3) is 0.192. The van der Waals surface area contributed by atoms with Gasteiger partial charge in [-0.15, -0.1) is 0 Å². The second kappa shape index (κ2) is 8.64. The summed E-state index contributed by atoms with van der Waals surface area (Å²) in [5, 5.41) is 10.7. The van der Waals surface area contributed by atoms with Crippen LogP contribution in [0.3, 0.4) is 0 Å². The van der Waals surface area contributed by atoms with Gasteiger partial charge < -0.3 is 9.84 Å². The van der Waals surface area contributed by atoms with Crippen molar-refractivity contribution < 1.29 is 14.2 Å². The number of nitrogens with zero attached hydrogens (tertiary/aromatic N) is 1. The van der Waals surface area contributed by atoms with Crippen molar-refractivity contribution in [1.82, 2.24) is 4.98 Å². The van der Waals surface area contributed by atoms with E-state index in [1.807, 2.05) is 61.5 Å². The zero-order valence-corrected chi connectivity index (χ0v) is 17.1. The van der Waals surface area contributed by atoms with Crippen LogP contribution in [0.4, 0.5) is 4.39 Å². The van der Waals surface area contributed by atoms with Crippen LogP contribution in [-0.4, -0.2) is 16.7 Å². The predicted molar refractivity (Wildman–Crippen MR) is 118 cm³/mol. The minimum Gasteiger partial charge on any atom is -0.489 e. The molecule has 4 aromatic rings. The first-order valence-electron chi connectivity index (χ1n) is 10.0. The van der Waals surface area contributed by atoms with Crippen molar-refractivity contribution in [3.05, 3.63) is 95.4 Å². The molecule has 3 aromatic carbocycles. The molecule has 0 bridgehead atoms. The lowest BCUT2D eigenvalue weighted by Crippen LogP contribution is -2.03. The molecule has 152 valence electrons. The number of hydrogen-bond donors (Lipinski definition) is 1. The maximum Gasteiger partial charge on any atom is 0.126 e. The summed E-state index contributed by atoms with van der Waals surface area (Å²) >= 11 is 0. The lowest BCUT2D eigenvalue weighted by molar-refractivity contribution is 0.273. The van der Waals surface area contributed by atoms with Crippen molar-refractivity contribution in [2.24, 2.45) is 0 Å². The summed E-state index contributed by atoms with van der Waals surface area (Å²) in [6.07, 6.45) is 1.80. The number of aliphatic hydroxyl groups excluding tert-OH is 1. The van der Waals surface area contributed by atoms with Gasteiger partial charge in [0.05, 0.1) is 5.52 Å². The van der Waals surface area contributed by atoms with Crippen molar-refractivity contribution >= 4 is 10.9 Å². The van der Waals surface area contributed by atoms with Crippen LogP contribution in [0.25, 0.3) is 22.0 Å². The average Bonchev–Trinajstić information content (AvgIpc) is 2.78. The van der Waals surface area contributed by atoms with E-state index in [1.165, 1.54) is 6.07 Å². The van der Waals surface area contributed by atoms with Crippen LogP contribution in [0, 0.1) is 12.7 Å². The van der Waals surface area contributed by atoms with Crippen LogP contribution < -0.4 is 4.74 Å². The standard InChI is InChI=1S/C26H24FNO2/c1-17-12-20(8-11-24(17)27)26-22-10-9-21(30-16-19-6-4-3-5-7-19)13-25(22)28-14-23(26)18(2)15-29/h3-14,18,29H,15-16H2,1-2H3/t18-/m1/s1. The normalized spacial score (nSPS) is 12.1. The highest BCUT2D eigenvalue weighted by atomic mass is 19.1. The molecule has 3 nitrogen and oxygen atoms in total. The quantitative estimate of drug-likeness (QED) is 0.429. The molecule has 1 N–H and O–H groups in total. The average molecular weight is 401 g/mol. The summed E-state index contributed by atoms with van der Waals surface area (Å²) < 4.78 is 19.8. The highest BCUT2D eigenvalue weighted by molar-refractivity contribution is 5.97. The van der Waals surface area contributed by atoms with E-state index in [2.05, 4.69) is 4.98 Å². The molecule has 0 radical (unpaired) electrons. The Balaban J connectivity index is 1.77. The first-order valence-corrected chi connectivity index (χ1v) is 10.0. The minimum absolute atomic E-state index is 0.0125. The van der Waals surface area contributed by atoms with Crippen LogP contribution >= 0.6 is 0 Å². The van der Waals surface area contributed by atoms with Crippen LogP contribution in [0.2, 0.25) is 0 Å². The largest absolute Gasteiger partial charge is 0.489 e. The van der Waals surface area contributed by atoms with Gasteiger partial charge in [-0.3, -0.25) is 4.98 Å².